The first-order valence-corrected chi connectivity index (χ1v) is 4.97. The second-order valence-electron chi connectivity index (χ2n) is 3.99. The zero-order valence-electron chi connectivity index (χ0n) is 9.44. The first-order valence-electron chi connectivity index (χ1n) is 4.97. The summed E-state index contributed by atoms with van der Waals surface area (Å²) in [5.74, 6) is 0. The fraction of sp³-hybridized carbons (Fsp3) is 0.500. The van der Waals surface area contributed by atoms with Crippen LogP contribution in [0.5, 0.6) is 0 Å². The van der Waals surface area contributed by atoms with Gasteiger partial charge in [-0.05, 0) is 18.9 Å². The van der Waals surface area contributed by atoms with Gasteiger partial charge in [0.1, 0.15) is 6.29 Å². The predicted octanol–water partition coefficient (Wildman–Crippen LogP) is 2.12. The van der Waals surface area contributed by atoms with Crippen molar-refractivity contribution in [2.24, 2.45) is 10.4 Å². The molecule has 0 bridgehead atoms. The lowest BCUT2D eigenvalue weighted by molar-refractivity contribution is -0.114. The molecule has 0 aromatic rings. The van der Waals surface area contributed by atoms with E-state index in [-0.39, 0.29) is 12.0 Å². The zero-order valence-corrected chi connectivity index (χ0v) is 9.44. The van der Waals surface area contributed by atoms with E-state index in [9.17, 15) is 4.79 Å². The number of carbonyl (C=O) groups excluding carboxylic acids is 1. The monoisotopic (exact) mass is 209 g/mol. The molecule has 0 rings (SSSR count). The Morgan fingerprint density at radius 1 is 1.53 bits per heavy atom. The third-order valence-electron chi connectivity index (χ3n) is 1.99. The highest BCUT2D eigenvalue weighted by atomic mass is 16.2. The molecule has 0 atom stereocenters. The highest BCUT2D eigenvalue weighted by Gasteiger charge is 2.16. The van der Waals surface area contributed by atoms with Gasteiger partial charge in [0.05, 0.1) is 6.61 Å². The molecule has 15 heavy (non-hydrogen) atoms. The van der Waals surface area contributed by atoms with E-state index in [1.807, 2.05) is 13.8 Å². The second-order valence-corrected chi connectivity index (χ2v) is 3.99. The number of carbonyl (C=O) groups is 1. The van der Waals surface area contributed by atoms with Crippen molar-refractivity contribution in [2.75, 3.05) is 6.61 Å². The Morgan fingerprint density at radius 3 is 2.67 bits per heavy atom. The van der Waals surface area contributed by atoms with Crippen LogP contribution in [0.3, 0.4) is 0 Å². The van der Waals surface area contributed by atoms with Crippen molar-refractivity contribution in [3.63, 3.8) is 0 Å². The van der Waals surface area contributed by atoms with E-state index in [1.165, 1.54) is 6.21 Å². The van der Waals surface area contributed by atoms with Gasteiger partial charge in [-0.1, -0.05) is 26.5 Å². The molecule has 0 amide bonds. The number of aldehydes is 1. The summed E-state index contributed by atoms with van der Waals surface area (Å²) in [6, 6.07) is 0. The summed E-state index contributed by atoms with van der Waals surface area (Å²) < 4.78 is 0. The van der Waals surface area contributed by atoms with Gasteiger partial charge >= 0.3 is 0 Å². The summed E-state index contributed by atoms with van der Waals surface area (Å²) in [6.07, 6.45) is 7.26. The van der Waals surface area contributed by atoms with Gasteiger partial charge in [0, 0.05) is 17.3 Å². The average Bonchev–Trinajstić information content (AvgIpc) is 2.22. The summed E-state index contributed by atoms with van der Waals surface area (Å²) >= 11 is 0. The normalized spacial score (nSPS) is 13.1. The fourth-order valence-electron chi connectivity index (χ4n) is 0.994. The summed E-state index contributed by atoms with van der Waals surface area (Å²) in [6.45, 7) is 7.29. The van der Waals surface area contributed by atoms with Crippen molar-refractivity contribution >= 4 is 12.5 Å². The molecule has 0 aromatic heterocycles. The molecular formula is C12H19NO2. The van der Waals surface area contributed by atoms with Crippen molar-refractivity contribution in [3.8, 4) is 0 Å². The molecule has 0 aromatic carbocycles. The highest BCUT2D eigenvalue weighted by molar-refractivity contribution is 5.60. The topological polar surface area (TPSA) is 49.7 Å². The molecule has 0 radical (unpaired) electrons. The standard InChI is InChI=1S/C12H19NO2/c1-4-5-11(13-8-9-14)6-7-12(2,3)10-15/h4-5,8,10,14H,1,6-7,9H2,2-3H3/b11-5-,13-8?. The van der Waals surface area contributed by atoms with Crippen LogP contribution in [0.25, 0.3) is 0 Å². The maximum absolute atomic E-state index is 10.7. The third kappa shape index (κ3) is 6.80. The molecule has 3 nitrogen and oxygen atoms in total. The molecule has 0 fully saturated rings. The highest BCUT2D eigenvalue weighted by Crippen LogP contribution is 2.22. The number of hydrogen-bond acceptors (Lipinski definition) is 3. The first kappa shape index (κ1) is 13.8. The smallest absolute Gasteiger partial charge is 0.125 e. The van der Waals surface area contributed by atoms with Gasteiger partial charge in [-0.3, -0.25) is 4.99 Å². The number of rotatable bonds is 7. The Balaban J connectivity index is 4.31. The zero-order chi connectivity index (χ0) is 11.7. The van der Waals surface area contributed by atoms with Crippen molar-refractivity contribution in [1.29, 1.82) is 0 Å². The lowest BCUT2D eigenvalue weighted by Crippen LogP contribution is -2.12. The number of allylic oxidation sites excluding steroid dienone is 3. The van der Waals surface area contributed by atoms with Crippen LogP contribution in [-0.4, -0.2) is 24.2 Å². The van der Waals surface area contributed by atoms with Crippen LogP contribution >= 0.6 is 0 Å². The molecule has 0 unspecified atom stereocenters. The minimum Gasteiger partial charge on any atom is -0.391 e. The second kappa shape index (κ2) is 7.12. The van der Waals surface area contributed by atoms with Crippen LogP contribution < -0.4 is 0 Å². The summed E-state index contributed by atoms with van der Waals surface area (Å²) in [5, 5.41) is 8.60. The Kier molecular flexibility index (Phi) is 6.54. The van der Waals surface area contributed by atoms with Gasteiger partial charge in [-0.2, -0.15) is 0 Å². The number of aliphatic hydroxyl groups excluding tert-OH is 1. The molecule has 0 aliphatic heterocycles. The van der Waals surface area contributed by atoms with E-state index in [2.05, 4.69) is 11.6 Å². The fourth-order valence-corrected chi connectivity index (χ4v) is 0.994. The molecule has 1 N–H and O–H groups in total. The van der Waals surface area contributed by atoms with E-state index in [0.29, 0.717) is 6.42 Å². The number of aliphatic imine (C=N–C) groups is 1. The molecule has 0 saturated carbocycles. The van der Waals surface area contributed by atoms with Gasteiger partial charge in [-0.25, -0.2) is 0 Å². The van der Waals surface area contributed by atoms with Crippen LogP contribution in [0.4, 0.5) is 0 Å². The van der Waals surface area contributed by atoms with Crippen LogP contribution in [0.1, 0.15) is 26.7 Å². The van der Waals surface area contributed by atoms with E-state index in [1.54, 1.807) is 12.2 Å². The van der Waals surface area contributed by atoms with Gasteiger partial charge in [0.25, 0.3) is 0 Å². The van der Waals surface area contributed by atoms with Crippen molar-refractivity contribution in [3.05, 3.63) is 24.4 Å². The summed E-state index contributed by atoms with van der Waals surface area (Å²) in [4.78, 5) is 14.8. The Labute approximate surface area is 91.2 Å². The first-order chi connectivity index (χ1) is 7.05. The van der Waals surface area contributed by atoms with Gasteiger partial charge in [0.15, 0.2) is 0 Å². The number of hydrogen-bond donors (Lipinski definition) is 1. The molecule has 84 valence electrons. The van der Waals surface area contributed by atoms with E-state index < -0.39 is 0 Å². The van der Waals surface area contributed by atoms with E-state index in [4.69, 9.17) is 5.11 Å². The average molecular weight is 209 g/mol. The summed E-state index contributed by atoms with van der Waals surface area (Å²) in [7, 11) is 0. The Hall–Kier alpha value is -1.22. The third-order valence-corrected chi connectivity index (χ3v) is 1.99. The minimum atomic E-state index is -0.324. The molecule has 0 heterocycles. The van der Waals surface area contributed by atoms with Gasteiger partial charge < -0.3 is 9.90 Å². The maximum Gasteiger partial charge on any atom is 0.125 e. The van der Waals surface area contributed by atoms with Crippen LogP contribution in [0.15, 0.2) is 29.4 Å². The van der Waals surface area contributed by atoms with Crippen LogP contribution in [0.2, 0.25) is 0 Å². The molecular weight excluding hydrogens is 190 g/mol. The quantitative estimate of drug-likeness (QED) is 0.396. The Morgan fingerprint density at radius 2 is 2.20 bits per heavy atom. The molecule has 0 saturated heterocycles. The molecule has 0 aliphatic rings. The molecule has 3 heteroatoms. The number of aliphatic hydroxyl groups is 1. The Bertz CT molecular complexity index is 265. The lowest BCUT2D eigenvalue weighted by Gasteiger charge is -2.15. The van der Waals surface area contributed by atoms with Gasteiger partial charge in [0.2, 0.25) is 0 Å². The minimum absolute atomic E-state index is 0.0778. The maximum atomic E-state index is 10.7. The van der Waals surface area contributed by atoms with Crippen LogP contribution in [-0.2, 0) is 4.79 Å². The van der Waals surface area contributed by atoms with Gasteiger partial charge in [-0.15, -0.1) is 0 Å². The largest absolute Gasteiger partial charge is 0.391 e. The van der Waals surface area contributed by atoms with Crippen molar-refractivity contribution in [2.45, 2.75) is 26.7 Å². The van der Waals surface area contributed by atoms with Crippen molar-refractivity contribution in [1.82, 2.24) is 0 Å². The SMILES string of the molecule is C=C/C=C(/CCC(C)(C)C=O)N=CCO. The van der Waals surface area contributed by atoms with E-state index in [0.717, 1.165) is 18.4 Å². The summed E-state index contributed by atoms with van der Waals surface area (Å²) in [5.41, 5.74) is 0.503. The van der Waals surface area contributed by atoms with E-state index >= 15 is 0 Å². The number of nitrogens with zero attached hydrogens (tertiary/aromatic N) is 1. The van der Waals surface area contributed by atoms with Crippen molar-refractivity contribution < 1.29 is 9.90 Å². The lowest BCUT2D eigenvalue weighted by atomic mass is 9.89. The molecule has 0 spiro atoms. The predicted molar refractivity (Wildman–Crippen MR) is 62.9 cm³/mol. The molecule has 0 aliphatic carbocycles. The van der Waals surface area contributed by atoms with Crippen LogP contribution in [0, 0.1) is 5.41 Å².